The zero-order valence-corrected chi connectivity index (χ0v) is 26.2. The summed E-state index contributed by atoms with van der Waals surface area (Å²) in [6, 6.07) is 29.9. The molecular weight excluding hydrogens is 540 g/mol. The second-order valence-corrected chi connectivity index (χ2v) is 10.5. The first kappa shape index (κ1) is 34.4. The first-order valence-corrected chi connectivity index (χ1v) is 13.8. The van der Waals surface area contributed by atoms with Gasteiger partial charge in [0.2, 0.25) is 0 Å². The number of ketones is 4. The summed E-state index contributed by atoms with van der Waals surface area (Å²) in [5, 5.41) is 0. The van der Waals surface area contributed by atoms with Gasteiger partial charge in [-0.1, -0.05) is 80.6 Å². The number of ether oxygens (including phenoxy) is 2. The van der Waals surface area contributed by atoms with E-state index in [0.29, 0.717) is 22.3 Å². The van der Waals surface area contributed by atoms with Gasteiger partial charge in [-0.15, -0.1) is 0 Å². The fraction of sp³-hybridized carbons (Fsp3) is 0.243. The van der Waals surface area contributed by atoms with Crippen LogP contribution in [0.2, 0.25) is 0 Å². The molecule has 0 aromatic heterocycles. The van der Waals surface area contributed by atoms with Crippen molar-refractivity contribution in [1.29, 1.82) is 0 Å². The summed E-state index contributed by atoms with van der Waals surface area (Å²) in [6.07, 6.45) is 0. The molecule has 0 aliphatic carbocycles. The molecule has 0 heterocycles. The fourth-order valence-electron chi connectivity index (χ4n) is 4.08. The van der Waals surface area contributed by atoms with E-state index in [9.17, 15) is 19.2 Å². The van der Waals surface area contributed by atoms with E-state index < -0.39 is 0 Å². The summed E-state index contributed by atoms with van der Waals surface area (Å²) in [5.74, 6) is 1.77. The molecule has 4 rings (SSSR count). The summed E-state index contributed by atoms with van der Waals surface area (Å²) in [4.78, 5) is 43.5. The summed E-state index contributed by atoms with van der Waals surface area (Å²) in [7, 11) is 3.37. The topological polar surface area (TPSA) is 86.7 Å². The molecule has 224 valence electrons. The Bertz CT molecular complexity index is 1420. The van der Waals surface area contributed by atoms with Crippen LogP contribution in [0.4, 0.5) is 0 Å². The van der Waals surface area contributed by atoms with Gasteiger partial charge in [0.1, 0.15) is 11.5 Å². The molecule has 0 aliphatic heterocycles. The highest BCUT2D eigenvalue weighted by molar-refractivity contribution is 5.99. The molecular formula is C37H40O6. The van der Waals surface area contributed by atoms with E-state index in [2.05, 4.69) is 38.1 Å². The van der Waals surface area contributed by atoms with Gasteiger partial charge >= 0.3 is 0 Å². The van der Waals surface area contributed by atoms with Crippen LogP contribution in [0.3, 0.4) is 0 Å². The van der Waals surface area contributed by atoms with Crippen LogP contribution < -0.4 is 9.47 Å². The molecule has 6 heteroatoms. The Hall–Kier alpha value is -4.84. The molecule has 0 aliphatic rings. The molecule has 43 heavy (non-hydrogen) atoms. The highest BCUT2D eigenvalue weighted by Crippen LogP contribution is 2.33. The molecule has 6 nitrogen and oxygen atoms in total. The number of hydrogen-bond acceptors (Lipinski definition) is 6. The maximum absolute atomic E-state index is 10.9. The maximum atomic E-state index is 10.9. The van der Waals surface area contributed by atoms with Gasteiger partial charge in [0.25, 0.3) is 0 Å². The van der Waals surface area contributed by atoms with Gasteiger partial charge < -0.3 is 9.47 Å². The standard InChI is InChI=1S/C17H20O2.2C10H10O2/c1-17(2,13-5-9-15(18-3)10-6-13)14-7-11-16(19-4)12-8-14;1-7(11)9-3-5-10(6-4-9)8(2)12;1-7(11)9-4-3-5-10(6-9)8(2)12/h5-12H,1-4H3;2*3-6H,1-2H3. The van der Waals surface area contributed by atoms with Crippen molar-refractivity contribution in [2.75, 3.05) is 14.2 Å². The summed E-state index contributed by atoms with van der Waals surface area (Å²) < 4.78 is 10.4. The normalized spacial score (nSPS) is 10.2. The molecule has 0 fully saturated rings. The molecule has 4 aromatic carbocycles. The molecule has 0 unspecified atom stereocenters. The van der Waals surface area contributed by atoms with E-state index in [1.807, 2.05) is 24.3 Å². The lowest BCUT2D eigenvalue weighted by atomic mass is 9.78. The van der Waals surface area contributed by atoms with Gasteiger partial charge in [-0.25, -0.2) is 0 Å². The molecule has 0 spiro atoms. The van der Waals surface area contributed by atoms with Crippen molar-refractivity contribution in [2.24, 2.45) is 0 Å². The van der Waals surface area contributed by atoms with Crippen LogP contribution in [-0.4, -0.2) is 37.4 Å². The summed E-state index contributed by atoms with van der Waals surface area (Å²) in [5.41, 5.74) is 4.93. The van der Waals surface area contributed by atoms with Crippen LogP contribution in [0.15, 0.2) is 97.1 Å². The average molecular weight is 581 g/mol. The Morgan fingerprint density at radius 1 is 0.465 bits per heavy atom. The second-order valence-electron chi connectivity index (χ2n) is 10.5. The van der Waals surface area contributed by atoms with Crippen LogP contribution >= 0.6 is 0 Å². The molecule has 0 radical (unpaired) electrons. The minimum atomic E-state index is -0.0431. The zero-order valence-electron chi connectivity index (χ0n) is 26.2. The third-order valence-electron chi connectivity index (χ3n) is 7.00. The predicted molar refractivity (Wildman–Crippen MR) is 171 cm³/mol. The minimum absolute atomic E-state index is 0.0156. The van der Waals surface area contributed by atoms with Gasteiger partial charge in [0, 0.05) is 27.7 Å². The highest BCUT2D eigenvalue weighted by atomic mass is 16.5. The van der Waals surface area contributed by atoms with Gasteiger partial charge in [0.05, 0.1) is 14.2 Å². The number of methoxy groups -OCH3 is 2. The third-order valence-corrected chi connectivity index (χ3v) is 7.00. The lowest BCUT2D eigenvalue weighted by molar-refractivity contribution is 0.100. The first-order chi connectivity index (χ1) is 20.3. The van der Waals surface area contributed by atoms with E-state index in [4.69, 9.17) is 9.47 Å². The van der Waals surface area contributed by atoms with Crippen molar-refractivity contribution in [2.45, 2.75) is 47.0 Å². The summed E-state index contributed by atoms with van der Waals surface area (Å²) in [6.45, 7) is 10.4. The maximum Gasteiger partial charge on any atom is 0.159 e. The van der Waals surface area contributed by atoms with Crippen LogP contribution in [0.5, 0.6) is 11.5 Å². The first-order valence-electron chi connectivity index (χ1n) is 13.8. The SMILES string of the molecule is CC(=O)c1ccc(C(C)=O)cc1.CC(=O)c1cccc(C(C)=O)c1.COc1ccc(C(C)(C)c2ccc(OC)cc2)cc1. The Labute approximate surface area is 254 Å². The molecule has 0 saturated heterocycles. The Morgan fingerprint density at radius 3 is 1.02 bits per heavy atom. The second kappa shape index (κ2) is 16.0. The Kier molecular flexibility index (Phi) is 12.8. The number of rotatable bonds is 8. The van der Waals surface area contributed by atoms with Crippen molar-refractivity contribution in [3.63, 3.8) is 0 Å². The van der Waals surface area contributed by atoms with Crippen molar-refractivity contribution in [1.82, 2.24) is 0 Å². The van der Waals surface area contributed by atoms with Crippen LogP contribution in [0.25, 0.3) is 0 Å². The van der Waals surface area contributed by atoms with E-state index >= 15 is 0 Å². The average Bonchev–Trinajstić information content (AvgIpc) is 3.01. The van der Waals surface area contributed by atoms with E-state index in [0.717, 1.165) is 11.5 Å². The number of carbonyl (C=O) groups is 4. The monoisotopic (exact) mass is 580 g/mol. The molecule has 0 amide bonds. The fourth-order valence-corrected chi connectivity index (χ4v) is 4.08. The lowest BCUT2D eigenvalue weighted by Gasteiger charge is -2.26. The quantitative estimate of drug-likeness (QED) is 0.195. The smallest absolute Gasteiger partial charge is 0.159 e. The van der Waals surface area contributed by atoms with Gasteiger partial charge in [-0.2, -0.15) is 0 Å². The lowest BCUT2D eigenvalue weighted by Crippen LogP contribution is -2.18. The molecule has 0 atom stereocenters. The molecule has 0 saturated carbocycles. The van der Waals surface area contributed by atoms with Crippen molar-refractivity contribution >= 4 is 23.1 Å². The number of hydrogen-bond donors (Lipinski definition) is 0. The minimum Gasteiger partial charge on any atom is -0.497 e. The zero-order chi connectivity index (χ0) is 32.2. The largest absolute Gasteiger partial charge is 0.497 e. The molecule has 0 bridgehead atoms. The number of carbonyl (C=O) groups excluding carboxylic acids is 4. The van der Waals surface area contributed by atoms with Crippen LogP contribution in [0.1, 0.15) is 94.1 Å². The van der Waals surface area contributed by atoms with Crippen molar-refractivity contribution in [3.05, 3.63) is 130 Å². The molecule has 4 aromatic rings. The summed E-state index contributed by atoms with van der Waals surface area (Å²) >= 11 is 0. The van der Waals surface area contributed by atoms with Crippen molar-refractivity contribution in [3.8, 4) is 11.5 Å². The Morgan fingerprint density at radius 2 is 0.767 bits per heavy atom. The van der Waals surface area contributed by atoms with E-state index in [-0.39, 0.29) is 28.5 Å². The van der Waals surface area contributed by atoms with Gasteiger partial charge in [0.15, 0.2) is 23.1 Å². The van der Waals surface area contributed by atoms with Gasteiger partial charge in [-0.05, 0) is 69.2 Å². The van der Waals surface area contributed by atoms with Crippen molar-refractivity contribution < 1.29 is 28.7 Å². The van der Waals surface area contributed by atoms with Gasteiger partial charge in [-0.3, -0.25) is 19.2 Å². The van der Waals surface area contributed by atoms with Crippen LogP contribution in [0, 0.1) is 0 Å². The molecule has 0 N–H and O–H groups in total. The van der Waals surface area contributed by atoms with E-state index in [1.54, 1.807) is 62.8 Å². The van der Waals surface area contributed by atoms with Crippen LogP contribution in [-0.2, 0) is 5.41 Å². The Balaban J connectivity index is 0.000000236. The number of benzene rings is 4. The number of Topliss-reactive ketones (excluding diaryl/α,β-unsaturated/α-hetero) is 4. The third kappa shape index (κ3) is 10.2. The highest BCUT2D eigenvalue weighted by Gasteiger charge is 2.23. The predicted octanol–water partition coefficient (Wildman–Crippen LogP) is 8.21. The van der Waals surface area contributed by atoms with E-state index in [1.165, 1.54) is 38.8 Å².